The Morgan fingerprint density at radius 3 is 2.69 bits per heavy atom. The zero-order valence-corrected chi connectivity index (χ0v) is 16.7. The van der Waals surface area contributed by atoms with E-state index >= 15 is 0 Å². The van der Waals surface area contributed by atoms with E-state index in [1.165, 1.54) is 19.2 Å². The molecule has 0 unspecified atom stereocenters. The van der Waals surface area contributed by atoms with Crippen LogP contribution in [0.4, 0.5) is 14.5 Å². The van der Waals surface area contributed by atoms with Crippen LogP contribution in [0.2, 0.25) is 5.02 Å². The van der Waals surface area contributed by atoms with Crippen molar-refractivity contribution in [3.05, 3.63) is 52.6 Å². The van der Waals surface area contributed by atoms with Gasteiger partial charge in [0.25, 0.3) is 5.91 Å². The number of anilines is 1. The number of rotatable bonds is 6. The molecule has 1 fully saturated rings. The lowest BCUT2D eigenvalue weighted by molar-refractivity contribution is 0.102. The summed E-state index contributed by atoms with van der Waals surface area (Å²) in [6, 6.07) is 4.75. The first-order valence-corrected chi connectivity index (χ1v) is 10.3. The average Bonchev–Trinajstić information content (AvgIpc) is 3.17. The van der Waals surface area contributed by atoms with Crippen LogP contribution in [0.5, 0.6) is 5.75 Å². The van der Waals surface area contributed by atoms with Crippen LogP contribution < -0.4 is 14.8 Å². The highest BCUT2D eigenvalue weighted by Crippen LogP contribution is 2.29. The molecular formula is C18H17ClF2N2O5S. The number of sulfonamides is 1. The third-order valence-corrected chi connectivity index (χ3v) is 6.12. The summed E-state index contributed by atoms with van der Waals surface area (Å²) in [7, 11) is -2.64. The quantitative estimate of drug-likeness (QED) is 0.665. The second-order valence-corrected chi connectivity index (χ2v) is 8.34. The van der Waals surface area contributed by atoms with Crippen molar-refractivity contribution in [1.29, 1.82) is 0 Å². The van der Waals surface area contributed by atoms with Crippen LogP contribution in [-0.4, -0.2) is 40.7 Å². The number of benzene rings is 2. The van der Waals surface area contributed by atoms with Gasteiger partial charge < -0.3 is 14.8 Å². The fourth-order valence-electron chi connectivity index (χ4n) is 2.78. The molecule has 1 aliphatic rings. The lowest BCUT2D eigenvalue weighted by atomic mass is 10.1. The van der Waals surface area contributed by atoms with E-state index in [1.54, 1.807) is 0 Å². The summed E-state index contributed by atoms with van der Waals surface area (Å²) in [5.74, 6) is -2.77. The molecule has 0 spiro atoms. The van der Waals surface area contributed by atoms with E-state index < -0.39 is 32.6 Å². The molecule has 3 rings (SSSR count). The van der Waals surface area contributed by atoms with E-state index in [1.807, 2.05) is 0 Å². The van der Waals surface area contributed by atoms with Crippen LogP contribution >= 0.6 is 11.6 Å². The lowest BCUT2D eigenvalue weighted by Crippen LogP contribution is -2.35. The maximum Gasteiger partial charge on any atom is 0.259 e. The van der Waals surface area contributed by atoms with Crippen molar-refractivity contribution < 1.29 is 31.5 Å². The van der Waals surface area contributed by atoms with Crippen LogP contribution in [-0.2, 0) is 14.8 Å². The van der Waals surface area contributed by atoms with E-state index in [2.05, 4.69) is 10.0 Å². The first kappa shape index (κ1) is 21.4. The Morgan fingerprint density at radius 1 is 1.28 bits per heavy atom. The largest absolute Gasteiger partial charge is 0.496 e. The molecule has 0 radical (unpaired) electrons. The standard InChI is InChI=1S/C18H17ClF2N2O5S/c1-27-16-3-2-12(29(25,26)23-11-4-5-28-9-11)8-13(16)18(24)22-15-7-10(20)6-14(21)17(15)19/h2-3,6-8,11,23H,4-5,9H2,1H3,(H,22,24)/t11-/m0/s1. The molecule has 0 aliphatic carbocycles. The summed E-state index contributed by atoms with van der Waals surface area (Å²) < 4.78 is 65.0. The highest BCUT2D eigenvalue weighted by Gasteiger charge is 2.25. The molecule has 1 aliphatic heterocycles. The van der Waals surface area contributed by atoms with Gasteiger partial charge in [-0.25, -0.2) is 21.9 Å². The van der Waals surface area contributed by atoms with Gasteiger partial charge in [0.05, 0.1) is 29.9 Å². The number of methoxy groups -OCH3 is 1. The van der Waals surface area contributed by atoms with Gasteiger partial charge >= 0.3 is 0 Å². The van der Waals surface area contributed by atoms with Gasteiger partial charge in [0.15, 0.2) is 0 Å². The second-order valence-electron chi connectivity index (χ2n) is 6.25. The van der Waals surface area contributed by atoms with Crippen LogP contribution in [0.1, 0.15) is 16.8 Å². The Hall–Kier alpha value is -2.27. The molecule has 1 amide bonds. The SMILES string of the molecule is COc1ccc(S(=O)(=O)N[C@H]2CCOC2)cc1C(=O)Nc1cc(F)cc(F)c1Cl. The van der Waals surface area contributed by atoms with Gasteiger partial charge in [-0.1, -0.05) is 11.6 Å². The highest BCUT2D eigenvalue weighted by molar-refractivity contribution is 7.89. The molecule has 2 N–H and O–H groups in total. The van der Waals surface area contributed by atoms with Crippen LogP contribution in [0.25, 0.3) is 0 Å². The van der Waals surface area contributed by atoms with Crippen molar-refractivity contribution in [2.75, 3.05) is 25.6 Å². The van der Waals surface area contributed by atoms with E-state index in [-0.39, 0.29) is 34.5 Å². The minimum Gasteiger partial charge on any atom is -0.496 e. The molecule has 156 valence electrons. The number of ether oxygens (including phenoxy) is 2. The van der Waals surface area contributed by atoms with Gasteiger partial charge in [0, 0.05) is 18.7 Å². The molecule has 0 saturated carbocycles. The summed E-state index contributed by atoms with van der Waals surface area (Å²) in [4.78, 5) is 12.5. The van der Waals surface area contributed by atoms with Gasteiger partial charge in [-0.3, -0.25) is 4.79 Å². The summed E-state index contributed by atoms with van der Waals surface area (Å²) in [5.41, 5.74) is -0.454. The fraction of sp³-hybridized carbons (Fsp3) is 0.278. The predicted octanol–water partition coefficient (Wildman–Crippen LogP) is 2.95. The minimum atomic E-state index is -3.93. The van der Waals surface area contributed by atoms with Gasteiger partial charge in [-0.2, -0.15) is 0 Å². The van der Waals surface area contributed by atoms with Crippen molar-refractivity contribution in [3.8, 4) is 5.75 Å². The van der Waals surface area contributed by atoms with Crippen molar-refractivity contribution in [2.45, 2.75) is 17.4 Å². The normalized spacial score (nSPS) is 16.6. The third-order valence-electron chi connectivity index (χ3n) is 4.22. The highest BCUT2D eigenvalue weighted by atomic mass is 35.5. The van der Waals surface area contributed by atoms with Crippen LogP contribution in [0.3, 0.4) is 0 Å². The zero-order valence-electron chi connectivity index (χ0n) is 15.2. The fourth-order valence-corrected chi connectivity index (χ4v) is 4.22. The Kier molecular flexibility index (Phi) is 6.37. The molecule has 0 aromatic heterocycles. The Morgan fingerprint density at radius 2 is 2.03 bits per heavy atom. The molecular weight excluding hydrogens is 430 g/mol. The summed E-state index contributed by atoms with van der Waals surface area (Å²) >= 11 is 5.76. The van der Waals surface area contributed by atoms with Crippen LogP contribution in [0, 0.1) is 11.6 Å². The zero-order chi connectivity index (χ0) is 21.2. The Bertz CT molecular complexity index is 1040. The maximum absolute atomic E-state index is 13.6. The van der Waals surface area contributed by atoms with Crippen molar-refractivity contribution >= 4 is 33.2 Å². The summed E-state index contributed by atoms with van der Waals surface area (Å²) in [6.45, 7) is 0.709. The van der Waals surface area contributed by atoms with Crippen LogP contribution in [0.15, 0.2) is 35.2 Å². The number of halogens is 3. The van der Waals surface area contributed by atoms with Crippen molar-refractivity contribution in [2.24, 2.45) is 0 Å². The second kappa shape index (κ2) is 8.62. The molecule has 1 heterocycles. The van der Waals surface area contributed by atoms with Gasteiger partial charge in [-0.15, -0.1) is 0 Å². The number of amides is 1. The summed E-state index contributed by atoms with van der Waals surface area (Å²) in [6.07, 6.45) is 0.534. The minimum absolute atomic E-state index is 0.0682. The molecule has 2 aromatic carbocycles. The molecule has 1 saturated heterocycles. The first-order chi connectivity index (χ1) is 13.7. The Balaban J connectivity index is 1.92. The maximum atomic E-state index is 13.6. The monoisotopic (exact) mass is 446 g/mol. The first-order valence-electron chi connectivity index (χ1n) is 8.45. The lowest BCUT2D eigenvalue weighted by Gasteiger charge is -2.14. The van der Waals surface area contributed by atoms with Gasteiger partial charge in [0.2, 0.25) is 10.0 Å². The predicted molar refractivity (Wildman–Crippen MR) is 102 cm³/mol. The van der Waals surface area contributed by atoms with E-state index in [4.69, 9.17) is 21.1 Å². The topological polar surface area (TPSA) is 93.7 Å². The molecule has 7 nitrogen and oxygen atoms in total. The number of carbonyl (C=O) groups excluding carboxylic acids is 1. The van der Waals surface area contributed by atoms with E-state index in [0.29, 0.717) is 19.1 Å². The number of hydrogen-bond acceptors (Lipinski definition) is 5. The number of nitrogens with one attached hydrogen (secondary N) is 2. The smallest absolute Gasteiger partial charge is 0.259 e. The molecule has 29 heavy (non-hydrogen) atoms. The van der Waals surface area contributed by atoms with Gasteiger partial charge in [0.1, 0.15) is 22.4 Å². The van der Waals surface area contributed by atoms with E-state index in [0.717, 1.165) is 12.1 Å². The number of carbonyl (C=O) groups is 1. The van der Waals surface area contributed by atoms with Crippen molar-refractivity contribution in [3.63, 3.8) is 0 Å². The van der Waals surface area contributed by atoms with Gasteiger partial charge in [-0.05, 0) is 30.7 Å². The third kappa shape index (κ3) is 4.84. The molecule has 1 atom stereocenters. The average molecular weight is 447 g/mol. The van der Waals surface area contributed by atoms with Crippen molar-refractivity contribution in [1.82, 2.24) is 4.72 Å². The molecule has 2 aromatic rings. The summed E-state index contributed by atoms with van der Waals surface area (Å²) in [5, 5.41) is 1.79. The molecule has 11 heteroatoms. The number of hydrogen-bond donors (Lipinski definition) is 2. The Labute approximate surface area is 171 Å². The van der Waals surface area contributed by atoms with E-state index in [9.17, 15) is 22.0 Å². The molecule has 0 bridgehead atoms.